The Balaban J connectivity index is 1.42. The number of allylic oxidation sites excluding steroid dienone is 3. The summed E-state index contributed by atoms with van der Waals surface area (Å²) in [5, 5.41) is 22.6. The summed E-state index contributed by atoms with van der Waals surface area (Å²) < 4.78 is 6.06. The minimum atomic E-state index is -0.658. The molecule has 14 heteroatoms. The third-order valence-corrected chi connectivity index (χ3v) is 9.64. The fourth-order valence-corrected chi connectivity index (χ4v) is 7.08. The lowest BCUT2D eigenvalue weighted by atomic mass is 9.75. The molecule has 2 aliphatic rings. The second kappa shape index (κ2) is 12.3. The van der Waals surface area contributed by atoms with Gasteiger partial charge in [-0.05, 0) is 31.0 Å². The molecule has 0 spiro atoms. The Morgan fingerprint density at radius 3 is 2.73 bits per heavy atom. The molecule has 0 radical (unpaired) electrons. The molecule has 1 unspecified atom stereocenters. The Hall–Kier alpha value is -3.27. The molecule has 1 aromatic heterocycles. The monoisotopic (exact) mass is 646 g/mol. The van der Waals surface area contributed by atoms with Crippen LogP contribution < -0.4 is 20.7 Å². The number of Topliss-reactive ketones (excluding diaryl/α,β-unsaturated/α-hetero) is 1. The van der Waals surface area contributed by atoms with Crippen LogP contribution in [0.4, 0.5) is 10.8 Å². The number of amides is 1. The Morgan fingerprint density at radius 2 is 1.98 bits per heavy atom. The van der Waals surface area contributed by atoms with Crippen molar-refractivity contribution in [2.45, 2.75) is 29.5 Å². The first-order valence-corrected chi connectivity index (χ1v) is 15.2. The predicted octanol–water partition coefficient (Wildman–Crippen LogP) is 6.54. The Morgan fingerprint density at radius 1 is 1.22 bits per heavy atom. The highest BCUT2D eigenvalue weighted by atomic mass is 35.5. The summed E-state index contributed by atoms with van der Waals surface area (Å²) in [6.45, 7) is 0. The van der Waals surface area contributed by atoms with E-state index in [1.165, 1.54) is 35.2 Å². The number of carbonyl (C=O) groups is 2. The maximum atomic E-state index is 13.3. The molecule has 1 aliphatic heterocycles. The molecule has 3 aromatic rings. The van der Waals surface area contributed by atoms with Crippen LogP contribution in [-0.2, 0) is 9.59 Å². The third kappa shape index (κ3) is 5.76. The number of anilines is 2. The number of nitriles is 1. The van der Waals surface area contributed by atoms with Gasteiger partial charge in [-0.1, -0.05) is 76.1 Å². The van der Waals surface area contributed by atoms with E-state index in [-0.39, 0.29) is 43.9 Å². The summed E-state index contributed by atoms with van der Waals surface area (Å²) in [5.41, 5.74) is 9.08. The second-order valence-electron chi connectivity index (χ2n) is 8.99. The van der Waals surface area contributed by atoms with E-state index in [0.29, 0.717) is 57.0 Å². The normalized spacial score (nSPS) is 16.9. The zero-order valence-corrected chi connectivity index (χ0v) is 25.3. The minimum Gasteiger partial charge on any atom is -0.496 e. The molecule has 9 nitrogen and oxygen atoms in total. The lowest BCUT2D eigenvalue weighted by molar-refractivity contribution is -0.116. The number of carbonyl (C=O) groups excluding carboxylic acids is 2. The maximum absolute atomic E-state index is 13.3. The standard InChI is InChI=1S/C27H21Cl3N6O3S2/c1-39-21-8-3-2-5-13(21)23-14(11-31)25(32)36(19-6-4-7-20(37)24(19)23)26-34-35-27(41-26)40-12-22(38)33-18-10-16(29)15(28)9-17(18)30/h2-3,5,8-10,23H,4,6-7,12,32H2,1H3,(H,33,38). The summed E-state index contributed by atoms with van der Waals surface area (Å²) in [7, 11) is 1.55. The second-order valence-corrected chi connectivity index (χ2v) is 12.4. The first-order chi connectivity index (χ1) is 19.7. The quantitative estimate of drug-likeness (QED) is 0.216. The fourth-order valence-electron chi connectivity index (χ4n) is 4.80. The molecule has 41 heavy (non-hydrogen) atoms. The van der Waals surface area contributed by atoms with Crippen molar-refractivity contribution in [1.82, 2.24) is 10.2 Å². The fraction of sp³-hybridized carbons (Fsp3) is 0.222. The van der Waals surface area contributed by atoms with Gasteiger partial charge in [0, 0.05) is 23.3 Å². The number of benzene rings is 2. The summed E-state index contributed by atoms with van der Waals surface area (Å²) in [5.74, 6) is -0.289. The zero-order chi connectivity index (χ0) is 29.3. The number of nitrogens with one attached hydrogen (secondary N) is 1. The van der Waals surface area contributed by atoms with E-state index in [2.05, 4.69) is 21.6 Å². The van der Waals surface area contributed by atoms with E-state index < -0.39 is 5.92 Å². The smallest absolute Gasteiger partial charge is 0.234 e. The number of para-hydroxylation sites is 1. The number of aromatic nitrogens is 2. The number of nitrogens with zero attached hydrogens (tertiary/aromatic N) is 4. The highest BCUT2D eigenvalue weighted by Crippen LogP contribution is 2.48. The first kappa shape index (κ1) is 29.2. The molecule has 2 heterocycles. The van der Waals surface area contributed by atoms with E-state index in [0.717, 1.165) is 0 Å². The van der Waals surface area contributed by atoms with Crippen molar-refractivity contribution in [2.75, 3.05) is 23.1 Å². The molecule has 3 N–H and O–H groups in total. The van der Waals surface area contributed by atoms with Gasteiger partial charge in [0.05, 0.1) is 51.2 Å². The van der Waals surface area contributed by atoms with Crippen LogP contribution in [0.2, 0.25) is 15.1 Å². The van der Waals surface area contributed by atoms with Crippen molar-refractivity contribution in [2.24, 2.45) is 5.73 Å². The van der Waals surface area contributed by atoms with Crippen LogP contribution in [0.15, 0.2) is 63.4 Å². The van der Waals surface area contributed by atoms with Crippen LogP contribution in [-0.4, -0.2) is 34.8 Å². The highest BCUT2D eigenvalue weighted by Gasteiger charge is 2.42. The van der Waals surface area contributed by atoms with Crippen LogP contribution >= 0.6 is 57.9 Å². The number of thioether (sulfide) groups is 1. The molecular weight excluding hydrogens is 627 g/mol. The molecular formula is C27H21Cl3N6O3S2. The number of rotatable bonds is 7. The van der Waals surface area contributed by atoms with Crippen molar-refractivity contribution in [3.63, 3.8) is 0 Å². The van der Waals surface area contributed by atoms with E-state index >= 15 is 0 Å². The van der Waals surface area contributed by atoms with E-state index in [1.807, 2.05) is 18.2 Å². The zero-order valence-electron chi connectivity index (χ0n) is 21.4. The van der Waals surface area contributed by atoms with Crippen LogP contribution in [0.3, 0.4) is 0 Å². The molecule has 0 saturated heterocycles. The van der Waals surface area contributed by atoms with Gasteiger partial charge in [-0.25, -0.2) is 0 Å². The van der Waals surface area contributed by atoms with E-state index in [9.17, 15) is 14.9 Å². The van der Waals surface area contributed by atoms with Crippen LogP contribution in [0.25, 0.3) is 0 Å². The van der Waals surface area contributed by atoms with Crippen molar-refractivity contribution in [3.8, 4) is 11.8 Å². The molecule has 0 saturated carbocycles. The van der Waals surface area contributed by atoms with E-state index in [4.69, 9.17) is 45.3 Å². The van der Waals surface area contributed by atoms with Crippen molar-refractivity contribution >= 4 is 80.4 Å². The molecule has 210 valence electrons. The van der Waals surface area contributed by atoms with Crippen molar-refractivity contribution in [3.05, 3.63) is 79.7 Å². The average Bonchev–Trinajstić information content (AvgIpc) is 3.42. The van der Waals surface area contributed by atoms with Gasteiger partial charge in [0.2, 0.25) is 11.0 Å². The van der Waals surface area contributed by atoms with Gasteiger partial charge in [-0.2, -0.15) is 5.26 Å². The first-order valence-electron chi connectivity index (χ1n) is 12.2. The predicted molar refractivity (Wildman–Crippen MR) is 162 cm³/mol. The van der Waals surface area contributed by atoms with Gasteiger partial charge in [-0.15, -0.1) is 10.2 Å². The Bertz CT molecular complexity index is 1670. The molecule has 1 amide bonds. The molecule has 0 fully saturated rings. The number of hydrogen-bond donors (Lipinski definition) is 2. The van der Waals surface area contributed by atoms with Crippen molar-refractivity contribution < 1.29 is 14.3 Å². The molecule has 5 rings (SSSR count). The molecule has 1 atom stereocenters. The highest BCUT2D eigenvalue weighted by molar-refractivity contribution is 8.01. The van der Waals surface area contributed by atoms with Crippen LogP contribution in [0.5, 0.6) is 5.75 Å². The largest absolute Gasteiger partial charge is 0.496 e. The van der Waals surface area contributed by atoms with E-state index in [1.54, 1.807) is 18.1 Å². The summed E-state index contributed by atoms with van der Waals surface area (Å²) in [6.07, 6.45) is 1.58. The van der Waals surface area contributed by atoms with Gasteiger partial charge in [0.25, 0.3) is 0 Å². The van der Waals surface area contributed by atoms with Gasteiger partial charge in [0.15, 0.2) is 10.1 Å². The summed E-state index contributed by atoms with van der Waals surface area (Å²) in [4.78, 5) is 27.6. The lowest BCUT2D eigenvalue weighted by Crippen LogP contribution is -2.38. The number of ether oxygens (including phenoxy) is 1. The van der Waals surface area contributed by atoms with Crippen LogP contribution in [0, 0.1) is 11.3 Å². The Kier molecular flexibility index (Phi) is 8.77. The summed E-state index contributed by atoms with van der Waals surface area (Å²) in [6, 6.07) is 12.5. The maximum Gasteiger partial charge on any atom is 0.234 e. The summed E-state index contributed by atoms with van der Waals surface area (Å²) >= 11 is 20.5. The number of halogens is 3. The Labute approximate surface area is 258 Å². The van der Waals surface area contributed by atoms with Crippen LogP contribution in [0.1, 0.15) is 30.7 Å². The van der Waals surface area contributed by atoms with Gasteiger partial charge in [0.1, 0.15) is 11.6 Å². The molecule has 1 aliphatic carbocycles. The topological polar surface area (TPSA) is 134 Å². The van der Waals surface area contributed by atoms with Gasteiger partial charge < -0.3 is 15.8 Å². The number of methoxy groups -OCH3 is 1. The third-order valence-electron chi connectivity index (χ3n) is 6.56. The van der Waals surface area contributed by atoms with Crippen molar-refractivity contribution in [1.29, 1.82) is 5.26 Å². The molecule has 0 bridgehead atoms. The van der Waals surface area contributed by atoms with Gasteiger partial charge in [-0.3, -0.25) is 14.5 Å². The molecule has 2 aromatic carbocycles. The number of hydrogen-bond acceptors (Lipinski definition) is 10. The average molecular weight is 648 g/mol. The SMILES string of the molecule is COc1ccccc1C1C(C#N)=C(N)N(c2nnc(SCC(=O)Nc3cc(Cl)c(Cl)cc3Cl)s2)C2=C1C(=O)CCC2. The number of nitrogens with two attached hydrogens (primary N) is 1. The minimum absolute atomic E-state index is 0.0162. The lowest BCUT2D eigenvalue weighted by Gasteiger charge is -2.38. The number of ketones is 1. The van der Waals surface area contributed by atoms with Gasteiger partial charge >= 0.3 is 0 Å².